The van der Waals surface area contributed by atoms with Crippen LogP contribution in [-0.2, 0) is 37.1 Å². The van der Waals surface area contributed by atoms with Crippen molar-refractivity contribution < 1.29 is 111 Å². The molecular formula is H5O15P5V2-10. The van der Waals surface area contributed by atoms with E-state index in [4.69, 9.17) is 73.4 Å². The second-order valence-electron chi connectivity index (χ2n) is 1.19. The van der Waals surface area contributed by atoms with Gasteiger partial charge < -0.3 is 73.4 Å². The van der Waals surface area contributed by atoms with E-state index in [9.17, 15) is 0 Å². The molecule has 0 fully saturated rings. The maximum atomic E-state index is 8.59. The van der Waals surface area contributed by atoms with E-state index in [1.165, 1.54) is 0 Å². The normalized spacial score (nSPS) is 8.18. The molecule has 0 unspecified atom stereocenters. The molecule has 5 N–H and O–H groups in total. The molecule has 15 nitrogen and oxygen atoms in total. The molecule has 22 heteroatoms. The molecular weight excluding hydrogens is 497 g/mol. The van der Waals surface area contributed by atoms with Gasteiger partial charge in [0.15, 0.2) is 0 Å². The molecule has 0 aromatic carbocycles. The second-order valence-corrected chi connectivity index (χ2v) is 3.57. The Morgan fingerprint density at radius 1 is 0.318 bits per heavy atom. The minimum Gasteiger partial charge on any atom is -0.820 e. The van der Waals surface area contributed by atoms with Gasteiger partial charge in [-0.05, 0) is 0 Å². The first-order valence-corrected chi connectivity index (χ1v) is 8.48. The third-order valence-corrected chi connectivity index (χ3v) is 0. The van der Waals surface area contributed by atoms with Crippen molar-refractivity contribution in [1.29, 1.82) is 0 Å². The zero-order valence-corrected chi connectivity index (χ0v) is 16.7. The first-order chi connectivity index (χ1) is 8.66. The van der Waals surface area contributed by atoms with Crippen LogP contribution >= 0.6 is 43.0 Å². The van der Waals surface area contributed by atoms with Gasteiger partial charge in [-0.25, -0.2) is 0 Å². The van der Waals surface area contributed by atoms with Crippen LogP contribution in [0, 0.1) is 0 Å². The van der Waals surface area contributed by atoms with Crippen LogP contribution in [0.15, 0.2) is 0 Å². The molecule has 0 heterocycles. The van der Waals surface area contributed by atoms with Crippen molar-refractivity contribution in [2.75, 3.05) is 0 Å². The maximum Gasteiger partial charge on any atom is 0 e. The quantitative estimate of drug-likeness (QED) is 0.192. The molecule has 0 atom stereocenters. The summed E-state index contributed by atoms with van der Waals surface area (Å²) in [7, 11) is -15.6. The fourth-order valence-corrected chi connectivity index (χ4v) is 0. The van der Waals surface area contributed by atoms with Crippen LogP contribution in [0.4, 0.5) is 0 Å². The predicted molar refractivity (Wildman–Crippen MR) is 45.7 cm³/mol. The Morgan fingerprint density at radius 2 is 0.318 bits per heavy atom. The molecule has 0 saturated heterocycles. The molecule has 2 radical (unpaired) electrons. The number of hydrogen-bond donors (Lipinski definition) is 5. The Balaban J connectivity index is -0.0000000250. The van der Waals surface area contributed by atoms with Gasteiger partial charge in [0, 0.05) is 37.1 Å². The molecule has 0 rings (SSSR count). The molecule has 0 aromatic rings. The van der Waals surface area contributed by atoms with Gasteiger partial charge in [0.2, 0.25) is 0 Å². The van der Waals surface area contributed by atoms with Gasteiger partial charge >= 0.3 is 0 Å². The molecule has 0 saturated carbocycles. The van der Waals surface area contributed by atoms with Crippen LogP contribution in [0.3, 0.4) is 0 Å². The van der Waals surface area contributed by atoms with Crippen LogP contribution in [0.1, 0.15) is 0 Å². The van der Waals surface area contributed by atoms with Crippen molar-refractivity contribution in [3.63, 3.8) is 0 Å². The molecule has 0 aromatic heterocycles. The van der Waals surface area contributed by atoms with Gasteiger partial charge in [0.1, 0.15) is 0 Å². The van der Waals surface area contributed by atoms with Crippen LogP contribution in [-0.4, -0.2) is 24.5 Å². The summed E-state index contributed by atoms with van der Waals surface area (Å²) < 4.78 is 0. The largest absolute Gasteiger partial charge is 0.820 e. The summed E-state index contributed by atoms with van der Waals surface area (Å²) >= 11 is 0. The Hall–Kier alpha value is 2.72. The molecule has 0 spiro atoms. The van der Waals surface area contributed by atoms with Crippen molar-refractivity contribution in [3.8, 4) is 0 Å². The second kappa shape index (κ2) is 39.0. The van der Waals surface area contributed by atoms with E-state index in [1.807, 2.05) is 0 Å². The minimum atomic E-state index is -3.12. The van der Waals surface area contributed by atoms with E-state index < -0.39 is 43.0 Å². The van der Waals surface area contributed by atoms with Gasteiger partial charge in [0.05, 0.1) is 0 Å². The minimum absolute atomic E-state index is 0. The average Bonchev–Trinajstić information content (AvgIpc) is 1.94. The molecule has 140 valence electrons. The van der Waals surface area contributed by atoms with Gasteiger partial charge in [-0.1, -0.05) is 0 Å². The Labute approximate surface area is 153 Å². The van der Waals surface area contributed by atoms with Crippen LogP contribution in [0.25, 0.3) is 0 Å². The zero-order chi connectivity index (χ0) is 17.9. The SMILES string of the molecule is [O-]P([O-])O.[O-]P([O-])O.[O-]P([O-])O.[O-]P([O-])O.[O-]P([O-])O.[V].[V]. The molecule has 0 bridgehead atoms. The number of rotatable bonds is 0. The summed E-state index contributed by atoms with van der Waals surface area (Å²) in [6.07, 6.45) is 0. The molecule has 0 amide bonds. The van der Waals surface area contributed by atoms with Gasteiger partial charge in [-0.2, -0.15) is 43.0 Å². The average molecular weight is 502 g/mol. The summed E-state index contributed by atoms with van der Waals surface area (Å²) in [6, 6.07) is 0. The standard InChI is InChI=1S/5HO3P.2V/c5*1-4(2)3;;/h5*1H;;/q5*-2;;. The van der Waals surface area contributed by atoms with Crippen molar-refractivity contribution in [2.24, 2.45) is 0 Å². The predicted octanol–water partition coefficient (Wildman–Crippen LogP) is -10.4. The van der Waals surface area contributed by atoms with E-state index in [-0.39, 0.29) is 37.1 Å². The van der Waals surface area contributed by atoms with Gasteiger partial charge in [0.25, 0.3) is 0 Å². The van der Waals surface area contributed by atoms with E-state index >= 15 is 0 Å². The summed E-state index contributed by atoms with van der Waals surface area (Å²) in [6.45, 7) is 0. The topological polar surface area (TPSA) is 332 Å². The molecule has 0 aliphatic rings. The van der Waals surface area contributed by atoms with Crippen molar-refractivity contribution in [1.82, 2.24) is 0 Å². The molecule has 0 aliphatic carbocycles. The molecule has 22 heavy (non-hydrogen) atoms. The summed E-state index contributed by atoms with van der Waals surface area (Å²) in [5, 5.41) is 0. The third kappa shape index (κ3) is 1450. The van der Waals surface area contributed by atoms with E-state index in [1.54, 1.807) is 0 Å². The van der Waals surface area contributed by atoms with Gasteiger partial charge in [-0.15, -0.1) is 0 Å². The Kier molecular flexibility index (Phi) is 78.5. The first-order valence-electron chi connectivity index (χ1n) is 2.83. The van der Waals surface area contributed by atoms with Crippen LogP contribution in [0.5, 0.6) is 0 Å². The fraction of sp³-hybridized carbons (Fsp3) is 0. The van der Waals surface area contributed by atoms with Crippen LogP contribution < -0.4 is 48.9 Å². The van der Waals surface area contributed by atoms with Gasteiger partial charge in [-0.3, -0.25) is 0 Å². The summed E-state index contributed by atoms with van der Waals surface area (Å²) in [5.41, 5.74) is 0. The van der Waals surface area contributed by atoms with E-state index in [2.05, 4.69) is 0 Å². The monoisotopic (exact) mass is 502 g/mol. The Bertz CT molecular complexity index is 84.5. The maximum absolute atomic E-state index is 8.59. The van der Waals surface area contributed by atoms with Crippen molar-refractivity contribution in [3.05, 3.63) is 0 Å². The Morgan fingerprint density at radius 3 is 0.318 bits per heavy atom. The number of hydrogen-bond acceptors (Lipinski definition) is 15. The third-order valence-electron chi connectivity index (χ3n) is 0. The smallest absolute Gasteiger partial charge is 0 e. The fourth-order valence-electron chi connectivity index (χ4n) is 0. The van der Waals surface area contributed by atoms with E-state index in [0.717, 1.165) is 0 Å². The summed E-state index contributed by atoms with van der Waals surface area (Å²) in [5.74, 6) is 0. The summed E-state index contributed by atoms with van der Waals surface area (Å²) in [4.78, 5) is 121. The van der Waals surface area contributed by atoms with Crippen LogP contribution in [0.2, 0.25) is 0 Å². The van der Waals surface area contributed by atoms with E-state index in [0.29, 0.717) is 0 Å². The first kappa shape index (κ1) is 44.3. The molecule has 0 aliphatic heterocycles. The van der Waals surface area contributed by atoms with Crippen molar-refractivity contribution >= 4 is 43.0 Å². The zero-order valence-electron chi connectivity index (χ0n) is 9.45. The van der Waals surface area contributed by atoms with Crippen molar-refractivity contribution in [2.45, 2.75) is 0 Å².